The van der Waals surface area contributed by atoms with E-state index < -0.39 is 15.9 Å². The second kappa shape index (κ2) is 10.2. The molecule has 0 radical (unpaired) electrons. The van der Waals surface area contributed by atoms with Gasteiger partial charge in [0.05, 0.1) is 28.8 Å². The highest BCUT2D eigenvalue weighted by molar-refractivity contribution is 7.89. The topological polar surface area (TPSA) is 79.0 Å². The number of likely N-dealkylation sites (N-methyl/N-ethyl adjacent to an activating group) is 1. The molecule has 28 heavy (non-hydrogen) atoms. The third-order valence-electron chi connectivity index (χ3n) is 4.68. The molecule has 10 heteroatoms. The molecule has 1 aliphatic rings. The third-order valence-corrected chi connectivity index (χ3v) is 7.35. The summed E-state index contributed by atoms with van der Waals surface area (Å²) in [6.07, 6.45) is 0. The molecule has 0 bridgehead atoms. The molecule has 0 atom stereocenters. The molecule has 0 aromatic heterocycles. The molecule has 1 N–H and O–H groups in total. The number of benzene rings is 1. The number of nitrogens with zero attached hydrogens (tertiary/aromatic N) is 2. The Morgan fingerprint density at radius 2 is 1.89 bits per heavy atom. The molecule has 1 saturated heterocycles. The number of carbonyl (C=O) groups excluding carboxylic acids is 1. The van der Waals surface area contributed by atoms with E-state index in [-0.39, 0.29) is 33.6 Å². The summed E-state index contributed by atoms with van der Waals surface area (Å²) < 4.78 is 32.3. The minimum atomic E-state index is -3.84. The number of morpholine rings is 1. The van der Waals surface area contributed by atoms with Crippen molar-refractivity contribution in [1.29, 1.82) is 0 Å². The van der Waals surface area contributed by atoms with Crippen LogP contribution in [-0.4, -0.2) is 75.5 Å². The van der Waals surface area contributed by atoms with Crippen LogP contribution in [0.4, 0.5) is 0 Å². The second-order valence-electron chi connectivity index (χ2n) is 6.76. The summed E-state index contributed by atoms with van der Waals surface area (Å²) in [4.78, 5) is 14.7. The van der Waals surface area contributed by atoms with Crippen LogP contribution in [0.5, 0.6) is 0 Å². The SMILES string of the molecule is CCN(CCNC(=O)c1cc(S(=O)(=O)N2CCOCC2)c(Cl)cc1Cl)C(C)C. The van der Waals surface area contributed by atoms with E-state index in [0.29, 0.717) is 32.3 Å². The van der Waals surface area contributed by atoms with Crippen molar-refractivity contribution in [2.45, 2.75) is 31.7 Å². The van der Waals surface area contributed by atoms with E-state index in [1.54, 1.807) is 0 Å². The average Bonchev–Trinajstić information content (AvgIpc) is 2.65. The third kappa shape index (κ3) is 5.58. The molecular weight excluding hydrogens is 425 g/mol. The molecule has 1 aliphatic heterocycles. The molecule has 1 aromatic carbocycles. The molecule has 2 rings (SSSR count). The number of sulfonamides is 1. The Bertz CT molecular complexity index is 796. The van der Waals surface area contributed by atoms with Crippen LogP contribution in [0, 0.1) is 0 Å². The predicted molar refractivity (Wildman–Crippen MR) is 111 cm³/mol. The van der Waals surface area contributed by atoms with E-state index in [2.05, 4.69) is 31.0 Å². The Balaban J connectivity index is 2.19. The summed E-state index contributed by atoms with van der Waals surface area (Å²) in [6.45, 7) is 9.34. The largest absolute Gasteiger partial charge is 0.379 e. The van der Waals surface area contributed by atoms with Crippen molar-refractivity contribution in [2.75, 3.05) is 45.9 Å². The van der Waals surface area contributed by atoms with Crippen molar-refractivity contribution in [3.05, 3.63) is 27.7 Å². The standard InChI is InChI=1S/C18H27Cl2N3O4S/c1-4-22(13(2)3)6-5-21-18(24)14-11-17(16(20)12-15(14)19)28(25,26)23-7-9-27-10-8-23/h11-13H,4-10H2,1-3H3,(H,21,24). The van der Waals surface area contributed by atoms with Gasteiger partial charge in [-0.25, -0.2) is 8.42 Å². The van der Waals surface area contributed by atoms with Crippen molar-refractivity contribution in [2.24, 2.45) is 0 Å². The van der Waals surface area contributed by atoms with E-state index in [9.17, 15) is 13.2 Å². The summed E-state index contributed by atoms with van der Waals surface area (Å²) in [6, 6.07) is 2.93. The van der Waals surface area contributed by atoms with Crippen molar-refractivity contribution in [1.82, 2.24) is 14.5 Å². The molecule has 0 aliphatic carbocycles. The molecule has 0 unspecified atom stereocenters. The maximum Gasteiger partial charge on any atom is 0.252 e. The fourth-order valence-corrected chi connectivity index (χ4v) is 5.26. The zero-order chi connectivity index (χ0) is 20.9. The molecule has 0 spiro atoms. The Morgan fingerprint density at radius 3 is 2.46 bits per heavy atom. The highest BCUT2D eigenvalue weighted by Crippen LogP contribution is 2.31. The van der Waals surface area contributed by atoms with Gasteiger partial charge in [0.15, 0.2) is 0 Å². The summed E-state index contributed by atoms with van der Waals surface area (Å²) in [5.41, 5.74) is 0.0884. The summed E-state index contributed by atoms with van der Waals surface area (Å²) in [5, 5.41) is 2.90. The lowest BCUT2D eigenvalue weighted by Crippen LogP contribution is -2.41. The number of nitrogens with one attached hydrogen (secondary N) is 1. The van der Waals surface area contributed by atoms with Gasteiger partial charge in [0.1, 0.15) is 4.90 Å². The van der Waals surface area contributed by atoms with E-state index in [4.69, 9.17) is 27.9 Å². The molecule has 158 valence electrons. The normalized spacial score (nSPS) is 16.0. The van der Waals surface area contributed by atoms with Crippen LogP contribution in [0.1, 0.15) is 31.1 Å². The molecule has 1 amide bonds. The first-order valence-electron chi connectivity index (χ1n) is 9.27. The number of halogens is 2. The van der Waals surface area contributed by atoms with Gasteiger partial charge in [-0.05, 0) is 32.5 Å². The highest BCUT2D eigenvalue weighted by atomic mass is 35.5. The number of hydrogen-bond acceptors (Lipinski definition) is 5. The first-order valence-corrected chi connectivity index (χ1v) is 11.5. The van der Waals surface area contributed by atoms with E-state index in [1.165, 1.54) is 16.4 Å². The molecule has 0 saturated carbocycles. The van der Waals surface area contributed by atoms with Crippen LogP contribution < -0.4 is 5.32 Å². The van der Waals surface area contributed by atoms with Gasteiger partial charge in [-0.2, -0.15) is 4.31 Å². The fraction of sp³-hybridized carbons (Fsp3) is 0.611. The van der Waals surface area contributed by atoms with Crippen LogP contribution in [0.3, 0.4) is 0 Å². The van der Waals surface area contributed by atoms with Crippen LogP contribution in [-0.2, 0) is 14.8 Å². The number of ether oxygens (including phenoxy) is 1. The van der Waals surface area contributed by atoms with Crippen LogP contribution >= 0.6 is 23.2 Å². The quantitative estimate of drug-likeness (QED) is 0.656. The second-order valence-corrected chi connectivity index (χ2v) is 9.48. The maximum atomic E-state index is 12.9. The lowest BCUT2D eigenvalue weighted by Gasteiger charge is -2.26. The van der Waals surface area contributed by atoms with Gasteiger partial charge >= 0.3 is 0 Å². The first-order chi connectivity index (χ1) is 13.2. The summed E-state index contributed by atoms with van der Waals surface area (Å²) in [7, 11) is -3.84. The van der Waals surface area contributed by atoms with Gasteiger partial charge in [0.2, 0.25) is 10.0 Å². The predicted octanol–water partition coefficient (Wildman–Crippen LogP) is 2.47. The first kappa shape index (κ1) is 23.4. The van der Waals surface area contributed by atoms with Crippen LogP contribution in [0.2, 0.25) is 10.0 Å². The number of rotatable bonds is 8. The maximum absolute atomic E-state index is 12.9. The van der Waals surface area contributed by atoms with Gasteiger partial charge in [0.25, 0.3) is 5.91 Å². The number of carbonyl (C=O) groups is 1. The van der Waals surface area contributed by atoms with Gasteiger partial charge < -0.3 is 10.1 Å². The Morgan fingerprint density at radius 1 is 1.25 bits per heavy atom. The minimum absolute atomic E-state index is 0.00925. The summed E-state index contributed by atoms with van der Waals surface area (Å²) >= 11 is 12.3. The van der Waals surface area contributed by atoms with Gasteiger partial charge in [-0.3, -0.25) is 9.69 Å². The van der Waals surface area contributed by atoms with E-state index >= 15 is 0 Å². The average molecular weight is 452 g/mol. The Kier molecular flexibility index (Phi) is 8.54. The summed E-state index contributed by atoms with van der Waals surface area (Å²) in [5.74, 6) is -0.431. The van der Waals surface area contributed by atoms with Crippen molar-refractivity contribution in [3.8, 4) is 0 Å². The van der Waals surface area contributed by atoms with E-state index in [1.807, 2.05) is 0 Å². The van der Waals surface area contributed by atoms with Crippen LogP contribution in [0.15, 0.2) is 17.0 Å². The highest BCUT2D eigenvalue weighted by Gasteiger charge is 2.30. The monoisotopic (exact) mass is 451 g/mol. The van der Waals surface area contributed by atoms with Crippen molar-refractivity contribution < 1.29 is 17.9 Å². The molecular formula is C18H27Cl2N3O4S. The van der Waals surface area contributed by atoms with E-state index in [0.717, 1.165) is 6.54 Å². The molecule has 7 nitrogen and oxygen atoms in total. The van der Waals surface area contributed by atoms with Gasteiger partial charge in [-0.15, -0.1) is 0 Å². The van der Waals surface area contributed by atoms with Gasteiger partial charge in [-0.1, -0.05) is 30.1 Å². The molecule has 1 fully saturated rings. The number of hydrogen-bond donors (Lipinski definition) is 1. The lowest BCUT2D eigenvalue weighted by molar-refractivity contribution is 0.0730. The van der Waals surface area contributed by atoms with Crippen molar-refractivity contribution >= 4 is 39.1 Å². The molecule has 1 aromatic rings. The zero-order valence-electron chi connectivity index (χ0n) is 16.4. The molecule has 1 heterocycles. The Hall–Kier alpha value is -0.900. The lowest BCUT2D eigenvalue weighted by atomic mass is 10.2. The van der Waals surface area contributed by atoms with Crippen LogP contribution in [0.25, 0.3) is 0 Å². The van der Waals surface area contributed by atoms with Crippen molar-refractivity contribution in [3.63, 3.8) is 0 Å². The van der Waals surface area contributed by atoms with Gasteiger partial charge in [0, 0.05) is 32.2 Å². The Labute approximate surface area is 177 Å². The fourth-order valence-electron chi connectivity index (χ4n) is 3.02. The number of amides is 1. The smallest absolute Gasteiger partial charge is 0.252 e. The minimum Gasteiger partial charge on any atom is -0.379 e. The zero-order valence-corrected chi connectivity index (χ0v) is 18.7.